The number of ether oxygens (including phenoxy) is 2. The fraction of sp³-hybridized carbons (Fsp3) is 0.231. The molecule has 0 aliphatic heterocycles. The molecule has 1 heterocycles. The number of hydrogen-bond donors (Lipinski definition) is 2. The van der Waals surface area contributed by atoms with Crippen LogP contribution in [0.2, 0.25) is 0 Å². The third kappa shape index (κ3) is 3.11. The Kier molecular flexibility index (Phi) is 4.62. The summed E-state index contributed by atoms with van der Waals surface area (Å²) in [7, 11) is 1.56. The summed E-state index contributed by atoms with van der Waals surface area (Å²) >= 11 is 3.25. The van der Waals surface area contributed by atoms with Gasteiger partial charge in [-0.3, -0.25) is 9.89 Å². The molecule has 7 heteroatoms. The van der Waals surface area contributed by atoms with E-state index in [9.17, 15) is 4.79 Å². The van der Waals surface area contributed by atoms with Gasteiger partial charge >= 0.3 is 0 Å². The summed E-state index contributed by atoms with van der Waals surface area (Å²) in [4.78, 5) is 12.1. The van der Waals surface area contributed by atoms with Crippen molar-refractivity contribution in [2.75, 3.05) is 19.0 Å². The molecule has 1 aromatic heterocycles. The molecule has 0 aliphatic rings. The van der Waals surface area contributed by atoms with Crippen molar-refractivity contribution in [1.82, 2.24) is 10.2 Å². The van der Waals surface area contributed by atoms with Crippen LogP contribution in [0.3, 0.4) is 0 Å². The molecule has 2 N–H and O–H groups in total. The first kappa shape index (κ1) is 14.4. The molecule has 106 valence electrons. The highest BCUT2D eigenvalue weighted by molar-refractivity contribution is 9.10. The molecule has 0 radical (unpaired) electrons. The second-order valence-electron chi connectivity index (χ2n) is 3.84. The topological polar surface area (TPSA) is 76.2 Å². The lowest BCUT2D eigenvalue weighted by Crippen LogP contribution is -2.14. The van der Waals surface area contributed by atoms with E-state index in [2.05, 4.69) is 31.4 Å². The highest BCUT2D eigenvalue weighted by atomic mass is 79.9. The van der Waals surface area contributed by atoms with Crippen LogP contribution in [0.5, 0.6) is 11.5 Å². The summed E-state index contributed by atoms with van der Waals surface area (Å²) in [6, 6.07) is 5.22. The number of anilines is 1. The number of nitrogens with zero attached hydrogens (tertiary/aromatic N) is 1. The van der Waals surface area contributed by atoms with E-state index in [0.717, 1.165) is 0 Å². The highest BCUT2D eigenvalue weighted by Gasteiger charge is 2.15. The largest absolute Gasteiger partial charge is 0.497 e. The maximum Gasteiger partial charge on any atom is 0.274 e. The smallest absolute Gasteiger partial charge is 0.274 e. The zero-order valence-electron chi connectivity index (χ0n) is 11.1. The first-order valence-corrected chi connectivity index (χ1v) is 6.76. The molecule has 1 amide bonds. The number of aromatic amines is 1. The number of hydrogen-bond acceptors (Lipinski definition) is 4. The van der Waals surface area contributed by atoms with Crippen LogP contribution >= 0.6 is 15.9 Å². The summed E-state index contributed by atoms with van der Waals surface area (Å²) in [5.41, 5.74) is 0.882. The third-order valence-corrected chi connectivity index (χ3v) is 3.16. The molecule has 0 saturated carbocycles. The molecule has 0 saturated heterocycles. The molecule has 0 aliphatic carbocycles. The highest BCUT2D eigenvalue weighted by Crippen LogP contribution is 2.30. The van der Waals surface area contributed by atoms with Gasteiger partial charge in [-0.15, -0.1) is 0 Å². The molecule has 0 unspecified atom stereocenters. The number of amides is 1. The van der Waals surface area contributed by atoms with E-state index < -0.39 is 0 Å². The Hall–Kier alpha value is -2.02. The zero-order chi connectivity index (χ0) is 14.5. The molecule has 2 aromatic rings. The lowest BCUT2D eigenvalue weighted by Gasteiger charge is -2.12. The molecule has 0 spiro atoms. The maximum absolute atomic E-state index is 12.1. The molecule has 2 rings (SSSR count). The first-order valence-electron chi connectivity index (χ1n) is 5.96. The third-order valence-electron chi connectivity index (χ3n) is 2.55. The Bertz CT molecular complexity index is 613. The summed E-state index contributed by atoms with van der Waals surface area (Å²) < 4.78 is 11.2. The quantitative estimate of drug-likeness (QED) is 0.878. The van der Waals surface area contributed by atoms with E-state index in [-0.39, 0.29) is 5.91 Å². The number of halogens is 1. The second-order valence-corrected chi connectivity index (χ2v) is 4.70. The number of rotatable bonds is 5. The average Bonchev–Trinajstić information content (AvgIpc) is 2.87. The number of methoxy groups -OCH3 is 1. The number of benzene rings is 1. The van der Waals surface area contributed by atoms with Gasteiger partial charge in [0, 0.05) is 6.07 Å². The van der Waals surface area contributed by atoms with Crippen LogP contribution < -0.4 is 14.8 Å². The van der Waals surface area contributed by atoms with Gasteiger partial charge < -0.3 is 14.8 Å². The molecule has 0 atom stereocenters. The normalized spacial score (nSPS) is 10.2. The van der Waals surface area contributed by atoms with Gasteiger partial charge in [0.25, 0.3) is 5.91 Å². The molecular weight excluding hydrogens is 326 g/mol. The zero-order valence-corrected chi connectivity index (χ0v) is 12.7. The van der Waals surface area contributed by atoms with E-state index in [1.807, 2.05) is 6.92 Å². The van der Waals surface area contributed by atoms with Crippen LogP contribution in [-0.2, 0) is 0 Å². The van der Waals surface area contributed by atoms with Gasteiger partial charge in [0.1, 0.15) is 17.2 Å². The van der Waals surface area contributed by atoms with Crippen molar-refractivity contribution in [3.8, 4) is 11.5 Å². The Morgan fingerprint density at radius 3 is 2.90 bits per heavy atom. The Morgan fingerprint density at radius 2 is 2.30 bits per heavy atom. The average molecular weight is 340 g/mol. The fourth-order valence-electron chi connectivity index (χ4n) is 1.63. The summed E-state index contributed by atoms with van der Waals surface area (Å²) in [5, 5.41) is 9.18. The molecular formula is C13H14BrN3O3. The van der Waals surface area contributed by atoms with Crippen molar-refractivity contribution in [3.63, 3.8) is 0 Å². The lowest BCUT2D eigenvalue weighted by atomic mass is 10.2. The summed E-state index contributed by atoms with van der Waals surface area (Å²) in [5.74, 6) is 0.897. The van der Waals surface area contributed by atoms with Crippen molar-refractivity contribution in [2.45, 2.75) is 6.92 Å². The number of carbonyl (C=O) groups excluding carboxylic acids is 1. The monoisotopic (exact) mass is 339 g/mol. The molecule has 0 fully saturated rings. The van der Waals surface area contributed by atoms with Crippen LogP contribution in [0.15, 0.2) is 28.9 Å². The van der Waals surface area contributed by atoms with Crippen molar-refractivity contribution >= 4 is 27.5 Å². The molecule has 0 bridgehead atoms. The predicted octanol–water partition coefficient (Wildman–Crippen LogP) is 2.83. The van der Waals surface area contributed by atoms with Crippen molar-refractivity contribution in [3.05, 3.63) is 34.6 Å². The van der Waals surface area contributed by atoms with Gasteiger partial charge in [-0.1, -0.05) is 0 Å². The van der Waals surface area contributed by atoms with Crippen LogP contribution in [0.1, 0.15) is 17.4 Å². The fourth-order valence-corrected chi connectivity index (χ4v) is 2.00. The van der Waals surface area contributed by atoms with E-state index in [1.165, 1.54) is 6.20 Å². The van der Waals surface area contributed by atoms with E-state index >= 15 is 0 Å². The van der Waals surface area contributed by atoms with Crippen molar-refractivity contribution in [1.29, 1.82) is 0 Å². The van der Waals surface area contributed by atoms with Gasteiger partial charge in [-0.2, -0.15) is 5.10 Å². The second kappa shape index (κ2) is 6.42. The van der Waals surface area contributed by atoms with Crippen LogP contribution in [0.25, 0.3) is 0 Å². The van der Waals surface area contributed by atoms with Gasteiger partial charge in [0.05, 0.1) is 30.1 Å². The minimum atomic E-state index is -0.316. The maximum atomic E-state index is 12.1. The van der Waals surface area contributed by atoms with Crippen molar-refractivity contribution in [2.24, 2.45) is 0 Å². The Balaban J connectivity index is 2.27. The van der Waals surface area contributed by atoms with E-state index in [4.69, 9.17) is 9.47 Å². The summed E-state index contributed by atoms with van der Waals surface area (Å²) in [6.45, 7) is 2.38. The Morgan fingerprint density at radius 1 is 1.50 bits per heavy atom. The Labute approximate surface area is 124 Å². The minimum Gasteiger partial charge on any atom is -0.497 e. The van der Waals surface area contributed by atoms with Gasteiger partial charge in [-0.05, 0) is 35.0 Å². The number of H-pyrrole nitrogens is 1. The van der Waals surface area contributed by atoms with Gasteiger partial charge in [-0.25, -0.2) is 0 Å². The number of carbonyl (C=O) groups is 1. The predicted molar refractivity (Wildman–Crippen MR) is 78.4 cm³/mol. The summed E-state index contributed by atoms with van der Waals surface area (Å²) in [6.07, 6.45) is 1.52. The molecule has 20 heavy (non-hydrogen) atoms. The van der Waals surface area contributed by atoms with Gasteiger partial charge in [0.15, 0.2) is 0 Å². The minimum absolute atomic E-state index is 0.316. The number of aromatic nitrogens is 2. The number of nitrogens with one attached hydrogen (secondary N) is 2. The SMILES string of the molecule is CCOc1ccc(OC)cc1NC(=O)c1[nH]ncc1Br. The van der Waals surface area contributed by atoms with Crippen LogP contribution in [0, 0.1) is 0 Å². The van der Waals surface area contributed by atoms with E-state index in [0.29, 0.717) is 34.0 Å². The lowest BCUT2D eigenvalue weighted by molar-refractivity contribution is 0.102. The molecule has 1 aromatic carbocycles. The molecule has 6 nitrogen and oxygen atoms in total. The van der Waals surface area contributed by atoms with Crippen molar-refractivity contribution < 1.29 is 14.3 Å². The van der Waals surface area contributed by atoms with Crippen LogP contribution in [-0.4, -0.2) is 29.8 Å². The van der Waals surface area contributed by atoms with E-state index in [1.54, 1.807) is 25.3 Å². The first-order chi connectivity index (χ1) is 9.65. The van der Waals surface area contributed by atoms with Crippen LogP contribution in [0.4, 0.5) is 5.69 Å². The van der Waals surface area contributed by atoms with Gasteiger partial charge in [0.2, 0.25) is 0 Å². The standard InChI is InChI=1S/C13H14BrN3O3/c1-3-20-11-5-4-8(19-2)6-10(11)16-13(18)12-9(14)7-15-17-12/h4-7H,3H2,1-2H3,(H,15,17)(H,16,18).